The van der Waals surface area contributed by atoms with Crippen LogP contribution in [0.15, 0.2) is 0 Å². The molecule has 0 atom stereocenters. The second-order valence-electron chi connectivity index (χ2n) is 5.12. The first-order valence-corrected chi connectivity index (χ1v) is 6.71. The van der Waals surface area contributed by atoms with Crippen molar-refractivity contribution in [2.24, 2.45) is 0 Å². The number of nitrogens with zero attached hydrogens (tertiary/aromatic N) is 2. The molecule has 1 amide bonds. The van der Waals surface area contributed by atoms with Crippen molar-refractivity contribution >= 4 is 11.9 Å². The highest BCUT2D eigenvalue weighted by Gasteiger charge is 2.32. The number of carbonyl (C=O) groups is 2. The Morgan fingerprint density at radius 3 is 2.33 bits per heavy atom. The molecule has 1 rings (SSSR count). The zero-order chi connectivity index (χ0) is 13.7. The maximum absolute atomic E-state index is 12.2. The molecule has 1 N–H and O–H groups in total. The van der Waals surface area contributed by atoms with Crippen molar-refractivity contribution in [2.45, 2.75) is 52.1 Å². The van der Waals surface area contributed by atoms with Gasteiger partial charge in [0.25, 0.3) is 0 Å². The van der Waals surface area contributed by atoms with Gasteiger partial charge in [-0.25, -0.2) is 0 Å². The van der Waals surface area contributed by atoms with Gasteiger partial charge in [0.2, 0.25) is 5.91 Å². The predicted molar refractivity (Wildman–Crippen MR) is 69.4 cm³/mol. The SMILES string of the molecule is CCN(C(=O)CN(CCC(=O)O)C(C)C)C1CC1. The zero-order valence-electron chi connectivity index (χ0n) is 11.6. The van der Waals surface area contributed by atoms with Crippen molar-refractivity contribution in [1.82, 2.24) is 9.80 Å². The minimum atomic E-state index is -0.817. The molecule has 0 aromatic heterocycles. The molecule has 1 saturated carbocycles. The number of likely N-dealkylation sites (N-methyl/N-ethyl adjacent to an activating group) is 1. The van der Waals surface area contributed by atoms with Crippen LogP contribution in [0.1, 0.15) is 40.0 Å². The molecule has 0 bridgehead atoms. The van der Waals surface area contributed by atoms with Crippen LogP contribution in [0, 0.1) is 0 Å². The van der Waals surface area contributed by atoms with Crippen LogP contribution >= 0.6 is 0 Å². The number of hydrogen-bond donors (Lipinski definition) is 1. The average molecular weight is 256 g/mol. The van der Waals surface area contributed by atoms with Gasteiger partial charge in [-0.05, 0) is 33.6 Å². The molecule has 0 aromatic carbocycles. The Kier molecular flexibility index (Phi) is 5.59. The van der Waals surface area contributed by atoms with Gasteiger partial charge < -0.3 is 10.0 Å². The van der Waals surface area contributed by atoms with Crippen LogP contribution < -0.4 is 0 Å². The first kappa shape index (κ1) is 15.0. The standard InChI is InChI=1S/C13H24N2O3/c1-4-15(11-5-6-11)12(16)9-14(10(2)3)8-7-13(17)18/h10-11H,4-9H2,1-3H3,(H,17,18). The Morgan fingerprint density at radius 2 is 1.94 bits per heavy atom. The van der Waals surface area contributed by atoms with Crippen LogP contribution in [0.3, 0.4) is 0 Å². The van der Waals surface area contributed by atoms with E-state index >= 15 is 0 Å². The van der Waals surface area contributed by atoms with E-state index in [4.69, 9.17) is 5.11 Å². The molecular weight excluding hydrogens is 232 g/mol. The summed E-state index contributed by atoms with van der Waals surface area (Å²) < 4.78 is 0. The van der Waals surface area contributed by atoms with Crippen LogP contribution in [-0.4, -0.2) is 58.5 Å². The van der Waals surface area contributed by atoms with Crippen molar-refractivity contribution in [1.29, 1.82) is 0 Å². The fourth-order valence-corrected chi connectivity index (χ4v) is 2.05. The average Bonchev–Trinajstić information content (AvgIpc) is 3.08. The van der Waals surface area contributed by atoms with Gasteiger partial charge >= 0.3 is 5.97 Å². The monoisotopic (exact) mass is 256 g/mol. The number of amides is 1. The van der Waals surface area contributed by atoms with Gasteiger partial charge in [-0.2, -0.15) is 0 Å². The van der Waals surface area contributed by atoms with E-state index in [1.54, 1.807) is 0 Å². The maximum Gasteiger partial charge on any atom is 0.304 e. The molecule has 1 fully saturated rings. The molecule has 0 spiro atoms. The quantitative estimate of drug-likeness (QED) is 0.708. The summed E-state index contributed by atoms with van der Waals surface area (Å²) in [6.45, 7) is 7.48. The van der Waals surface area contributed by atoms with E-state index in [-0.39, 0.29) is 18.4 Å². The Labute approximate surface area is 109 Å². The van der Waals surface area contributed by atoms with E-state index in [0.717, 1.165) is 19.4 Å². The first-order valence-electron chi connectivity index (χ1n) is 6.71. The largest absolute Gasteiger partial charge is 0.481 e. The summed E-state index contributed by atoms with van der Waals surface area (Å²) in [5.74, 6) is -0.693. The van der Waals surface area contributed by atoms with E-state index < -0.39 is 5.97 Å². The van der Waals surface area contributed by atoms with Gasteiger partial charge in [0.1, 0.15) is 0 Å². The third-order valence-corrected chi connectivity index (χ3v) is 3.33. The number of hydrogen-bond acceptors (Lipinski definition) is 3. The lowest BCUT2D eigenvalue weighted by Gasteiger charge is -2.29. The fourth-order valence-electron chi connectivity index (χ4n) is 2.05. The molecule has 5 heteroatoms. The molecule has 1 aliphatic rings. The van der Waals surface area contributed by atoms with E-state index in [1.807, 2.05) is 30.6 Å². The normalized spacial score (nSPS) is 15.2. The zero-order valence-corrected chi connectivity index (χ0v) is 11.6. The van der Waals surface area contributed by atoms with Crippen LogP contribution in [0.2, 0.25) is 0 Å². The Morgan fingerprint density at radius 1 is 1.33 bits per heavy atom. The third-order valence-electron chi connectivity index (χ3n) is 3.33. The summed E-state index contributed by atoms with van der Waals surface area (Å²) in [7, 11) is 0. The lowest BCUT2D eigenvalue weighted by Crippen LogP contribution is -2.44. The molecular formula is C13H24N2O3. The highest BCUT2D eigenvalue weighted by Crippen LogP contribution is 2.26. The Bertz CT molecular complexity index is 301. The number of carboxylic acids is 1. The van der Waals surface area contributed by atoms with Crippen LogP contribution in [0.5, 0.6) is 0 Å². The molecule has 5 nitrogen and oxygen atoms in total. The van der Waals surface area contributed by atoms with Gasteiger partial charge in [-0.3, -0.25) is 14.5 Å². The Balaban J connectivity index is 2.48. The highest BCUT2D eigenvalue weighted by atomic mass is 16.4. The number of aliphatic carboxylic acids is 1. The van der Waals surface area contributed by atoms with E-state index in [0.29, 0.717) is 19.1 Å². The molecule has 0 unspecified atom stereocenters. The molecule has 104 valence electrons. The minimum Gasteiger partial charge on any atom is -0.481 e. The van der Waals surface area contributed by atoms with E-state index in [2.05, 4.69) is 0 Å². The summed E-state index contributed by atoms with van der Waals surface area (Å²) in [4.78, 5) is 26.6. The Hall–Kier alpha value is -1.10. The number of rotatable bonds is 8. The summed E-state index contributed by atoms with van der Waals surface area (Å²) in [6.07, 6.45) is 2.30. The smallest absolute Gasteiger partial charge is 0.304 e. The molecule has 0 aromatic rings. The molecule has 18 heavy (non-hydrogen) atoms. The lowest BCUT2D eigenvalue weighted by molar-refractivity contribution is -0.139. The van der Waals surface area contributed by atoms with Gasteiger partial charge in [0.05, 0.1) is 13.0 Å². The third kappa shape index (κ3) is 4.64. The van der Waals surface area contributed by atoms with Crippen molar-refractivity contribution in [3.8, 4) is 0 Å². The van der Waals surface area contributed by atoms with E-state index in [1.165, 1.54) is 0 Å². The van der Waals surface area contributed by atoms with Gasteiger partial charge in [-0.1, -0.05) is 0 Å². The van der Waals surface area contributed by atoms with Crippen molar-refractivity contribution in [3.63, 3.8) is 0 Å². The van der Waals surface area contributed by atoms with Crippen LogP contribution in [0.4, 0.5) is 0 Å². The van der Waals surface area contributed by atoms with Crippen molar-refractivity contribution < 1.29 is 14.7 Å². The van der Waals surface area contributed by atoms with Gasteiger partial charge in [0.15, 0.2) is 0 Å². The van der Waals surface area contributed by atoms with E-state index in [9.17, 15) is 9.59 Å². The predicted octanol–water partition coefficient (Wildman–Crippen LogP) is 1.18. The highest BCUT2D eigenvalue weighted by molar-refractivity contribution is 5.79. The second-order valence-corrected chi connectivity index (χ2v) is 5.12. The molecule has 0 radical (unpaired) electrons. The fraction of sp³-hybridized carbons (Fsp3) is 0.846. The van der Waals surface area contributed by atoms with Crippen LogP contribution in [-0.2, 0) is 9.59 Å². The van der Waals surface area contributed by atoms with Gasteiger partial charge in [-0.15, -0.1) is 0 Å². The van der Waals surface area contributed by atoms with Crippen molar-refractivity contribution in [2.75, 3.05) is 19.6 Å². The summed E-state index contributed by atoms with van der Waals surface area (Å²) in [5.41, 5.74) is 0. The molecule has 0 saturated heterocycles. The first-order chi connectivity index (χ1) is 8.45. The summed E-state index contributed by atoms with van der Waals surface area (Å²) in [6, 6.07) is 0.613. The van der Waals surface area contributed by atoms with Gasteiger partial charge in [0, 0.05) is 25.2 Å². The molecule has 1 aliphatic carbocycles. The summed E-state index contributed by atoms with van der Waals surface area (Å²) in [5, 5.41) is 8.71. The van der Waals surface area contributed by atoms with Crippen LogP contribution in [0.25, 0.3) is 0 Å². The maximum atomic E-state index is 12.2. The number of carbonyl (C=O) groups excluding carboxylic acids is 1. The molecule has 0 heterocycles. The topological polar surface area (TPSA) is 60.9 Å². The second kappa shape index (κ2) is 6.73. The van der Waals surface area contributed by atoms with Crippen molar-refractivity contribution in [3.05, 3.63) is 0 Å². The lowest BCUT2D eigenvalue weighted by atomic mass is 10.2. The summed E-state index contributed by atoms with van der Waals surface area (Å²) >= 11 is 0. The minimum absolute atomic E-state index is 0.0843. The number of carboxylic acid groups (broad SMARTS) is 1. The molecule has 0 aliphatic heterocycles.